The van der Waals surface area contributed by atoms with Crippen molar-refractivity contribution in [2.24, 2.45) is 5.92 Å². The Morgan fingerprint density at radius 1 is 1.38 bits per heavy atom. The summed E-state index contributed by atoms with van der Waals surface area (Å²) in [4.78, 5) is 14.3. The summed E-state index contributed by atoms with van der Waals surface area (Å²) in [5.41, 5.74) is 1.37. The second-order valence-electron chi connectivity index (χ2n) is 6.17. The smallest absolute Gasteiger partial charge is 0.243 e. The predicted molar refractivity (Wildman–Crippen MR) is 81.9 cm³/mol. The van der Waals surface area contributed by atoms with Gasteiger partial charge in [0.25, 0.3) is 0 Å². The topological polar surface area (TPSA) is 56.1 Å². The van der Waals surface area contributed by atoms with E-state index in [-0.39, 0.29) is 11.9 Å². The van der Waals surface area contributed by atoms with E-state index in [1.807, 2.05) is 12.1 Å². The lowest BCUT2D eigenvalue weighted by Gasteiger charge is -2.24. The first kappa shape index (κ1) is 14.1. The number of carbonyl (C=O) groups is 1. The van der Waals surface area contributed by atoms with Crippen molar-refractivity contribution in [1.29, 1.82) is 5.26 Å². The first-order valence-corrected chi connectivity index (χ1v) is 7.73. The van der Waals surface area contributed by atoms with E-state index in [1.54, 1.807) is 24.1 Å². The maximum Gasteiger partial charge on any atom is 0.243 e. The normalized spacial score (nSPS) is 27.7. The Morgan fingerprint density at radius 2 is 2.19 bits per heavy atom. The lowest BCUT2D eigenvalue weighted by Crippen LogP contribution is -2.44. The van der Waals surface area contributed by atoms with Gasteiger partial charge >= 0.3 is 0 Å². The van der Waals surface area contributed by atoms with E-state index in [2.05, 4.69) is 11.4 Å². The van der Waals surface area contributed by atoms with Crippen LogP contribution in [0.4, 0.5) is 5.69 Å². The zero-order valence-corrected chi connectivity index (χ0v) is 12.4. The van der Waals surface area contributed by atoms with E-state index in [1.165, 1.54) is 25.7 Å². The third kappa shape index (κ3) is 2.79. The minimum absolute atomic E-state index is 0.0751. The molecule has 1 aromatic carbocycles. The van der Waals surface area contributed by atoms with Crippen LogP contribution < -0.4 is 10.2 Å². The van der Waals surface area contributed by atoms with E-state index >= 15 is 0 Å². The molecule has 1 N–H and O–H groups in total. The zero-order chi connectivity index (χ0) is 14.8. The second-order valence-corrected chi connectivity index (χ2v) is 6.17. The van der Waals surface area contributed by atoms with E-state index in [0.29, 0.717) is 17.5 Å². The van der Waals surface area contributed by atoms with Crippen LogP contribution in [0.25, 0.3) is 0 Å². The predicted octanol–water partition coefficient (Wildman–Crippen LogP) is 2.44. The zero-order valence-electron chi connectivity index (χ0n) is 12.4. The van der Waals surface area contributed by atoms with Gasteiger partial charge in [0.15, 0.2) is 0 Å². The summed E-state index contributed by atoms with van der Waals surface area (Å²) in [6.45, 7) is 0. The van der Waals surface area contributed by atoms with Crippen LogP contribution in [0.3, 0.4) is 0 Å². The number of carbonyl (C=O) groups excluding carboxylic acids is 1. The van der Waals surface area contributed by atoms with Gasteiger partial charge in [-0.25, -0.2) is 0 Å². The lowest BCUT2D eigenvalue weighted by atomic mass is 9.85. The molecule has 1 aliphatic carbocycles. The van der Waals surface area contributed by atoms with Crippen molar-refractivity contribution in [3.8, 4) is 6.07 Å². The molecule has 1 saturated heterocycles. The molecule has 3 unspecified atom stereocenters. The Bertz CT molecular complexity index is 564. The van der Waals surface area contributed by atoms with E-state index in [9.17, 15) is 4.79 Å². The monoisotopic (exact) mass is 283 g/mol. The van der Waals surface area contributed by atoms with E-state index in [4.69, 9.17) is 5.26 Å². The van der Waals surface area contributed by atoms with Crippen LogP contribution in [-0.4, -0.2) is 25.0 Å². The molecular weight excluding hydrogens is 262 g/mol. The lowest BCUT2D eigenvalue weighted by molar-refractivity contribution is -0.120. The average Bonchev–Trinajstić information content (AvgIpc) is 2.97. The molecule has 1 aromatic rings. The van der Waals surface area contributed by atoms with Crippen molar-refractivity contribution in [3.63, 3.8) is 0 Å². The van der Waals surface area contributed by atoms with Gasteiger partial charge in [-0.2, -0.15) is 5.26 Å². The minimum Gasteiger partial charge on any atom is -0.314 e. The summed E-state index contributed by atoms with van der Waals surface area (Å²) in [5.74, 6) is 0.769. The quantitative estimate of drug-likeness (QED) is 0.907. The van der Waals surface area contributed by atoms with Gasteiger partial charge in [-0.3, -0.25) is 4.79 Å². The Labute approximate surface area is 125 Å². The van der Waals surface area contributed by atoms with Crippen LogP contribution in [-0.2, 0) is 4.79 Å². The molecule has 1 saturated carbocycles. The third-order valence-corrected chi connectivity index (χ3v) is 4.85. The molecule has 2 aliphatic rings. The molecule has 1 aliphatic heterocycles. The molecule has 0 aromatic heterocycles. The number of benzene rings is 1. The molecule has 110 valence electrons. The van der Waals surface area contributed by atoms with Crippen molar-refractivity contribution in [3.05, 3.63) is 29.8 Å². The van der Waals surface area contributed by atoms with Crippen LogP contribution in [0, 0.1) is 17.2 Å². The van der Waals surface area contributed by atoms with Crippen molar-refractivity contribution < 1.29 is 4.79 Å². The SMILES string of the molecule is CN(C(=O)C1CC2CCCCC2N1)c1cccc(C#N)c1. The first-order chi connectivity index (χ1) is 10.2. The standard InChI is InChI=1S/C17H21N3O/c1-20(14-7-4-5-12(9-14)11-18)17(21)16-10-13-6-2-3-8-15(13)19-16/h4-5,7,9,13,15-16,19H,2-3,6,8,10H2,1H3. The average molecular weight is 283 g/mol. The highest BCUT2D eigenvalue weighted by Gasteiger charge is 2.39. The molecule has 1 heterocycles. The van der Waals surface area contributed by atoms with Crippen molar-refractivity contribution in [2.45, 2.75) is 44.2 Å². The maximum absolute atomic E-state index is 12.7. The van der Waals surface area contributed by atoms with Gasteiger partial charge in [-0.15, -0.1) is 0 Å². The van der Waals surface area contributed by atoms with Crippen LogP contribution >= 0.6 is 0 Å². The number of hydrogen-bond acceptors (Lipinski definition) is 3. The van der Waals surface area contributed by atoms with Crippen LogP contribution in [0.15, 0.2) is 24.3 Å². The summed E-state index contributed by atoms with van der Waals surface area (Å²) in [5, 5.41) is 12.5. The molecule has 0 bridgehead atoms. The fourth-order valence-electron chi connectivity index (χ4n) is 3.66. The highest BCUT2D eigenvalue weighted by atomic mass is 16.2. The number of anilines is 1. The number of nitrogens with one attached hydrogen (secondary N) is 1. The molecule has 21 heavy (non-hydrogen) atoms. The molecule has 3 atom stereocenters. The first-order valence-electron chi connectivity index (χ1n) is 7.73. The van der Waals surface area contributed by atoms with Crippen LogP contribution in [0.5, 0.6) is 0 Å². The summed E-state index contributed by atoms with van der Waals surface area (Å²) in [6.07, 6.45) is 5.96. The van der Waals surface area contributed by atoms with Crippen LogP contribution in [0.2, 0.25) is 0 Å². The van der Waals surface area contributed by atoms with E-state index in [0.717, 1.165) is 12.1 Å². The fourth-order valence-corrected chi connectivity index (χ4v) is 3.66. The summed E-state index contributed by atoms with van der Waals surface area (Å²) in [7, 11) is 1.79. The van der Waals surface area contributed by atoms with Gasteiger partial charge in [-0.1, -0.05) is 18.9 Å². The number of likely N-dealkylation sites (N-methyl/N-ethyl adjacent to an activating group) is 1. The van der Waals surface area contributed by atoms with Gasteiger partial charge in [0.2, 0.25) is 5.91 Å². The summed E-state index contributed by atoms with van der Waals surface area (Å²) >= 11 is 0. The highest BCUT2D eigenvalue weighted by molar-refractivity contribution is 5.97. The number of amides is 1. The van der Waals surface area contributed by atoms with Crippen LogP contribution in [0.1, 0.15) is 37.7 Å². The highest BCUT2D eigenvalue weighted by Crippen LogP contribution is 2.34. The molecule has 0 spiro atoms. The molecule has 4 nitrogen and oxygen atoms in total. The molecule has 2 fully saturated rings. The molecule has 1 amide bonds. The van der Waals surface area contributed by atoms with Gasteiger partial charge in [0.05, 0.1) is 17.7 Å². The Kier molecular flexibility index (Phi) is 3.94. The molecule has 0 radical (unpaired) electrons. The second kappa shape index (κ2) is 5.87. The van der Waals surface area contributed by atoms with Crippen molar-refractivity contribution in [2.75, 3.05) is 11.9 Å². The Morgan fingerprint density at radius 3 is 2.95 bits per heavy atom. The van der Waals surface area contributed by atoms with Gasteiger partial charge in [0.1, 0.15) is 0 Å². The largest absolute Gasteiger partial charge is 0.314 e. The number of rotatable bonds is 2. The van der Waals surface area contributed by atoms with Crippen molar-refractivity contribution in [1.82, 2.24) is 5.32 Å². The summed E-state index contributed by atoms with van der Waals surface area (Å²) < 4.78 is 0. The fraction of sp³-hybridized carbons (Fsp3) is 0.529. The molecule has 3 rings (SSSR count). The number of nitriles is 1. The number of hydrogen-bond donors (Lipinski definition) is 1. The van der Waals surface area contributed by atoms with Crippen molar-refractivity contribution >= 4 is 11.6 Å². The number of fused-ring (bicyclic) bond motifs is 1. The molecule has 4 heteroatoms. The van der Waals surface area contributed by atoms with Gasteiger partial charge in [0, 0.05) is 18.8 Å². The molecular formula is C17H21N3O. The maximum atomic E-state index is 12.7. The minimum atomic E-state index is -0.0751. The number of nitrogens with zero attached hydrogens (tertiary/aromatic N) is 2. The van der Waals surface area contributed by atoms with Gasteiger partial charge in [-0.05, 0) is 43.4 Å². The summed E-state index contributed by atoms with van der Waals surface area (Å²) in [6, 6.07) is 9.78. The van der Waals surface area contributed by atoms with Gasteiger partial charge < -0.3 is 10.2 Å². The Balaban J connectivity index is 1.71. The van der Waals surface area contributed by atoms with E-state index < -0.39 is 0 Å². The third-order valence-electron chi connectivity index (χ3n) is 4.85. The Hall–Kier alpha value is -1.86.